The quantitative estimate of drug-likeness (QED) is 0.461. The second-order valence-electron chi connectivity index (χ2n) is 10.6. The molecule has 0 bridgehead atoms. The number of carbonyl (C=O) groups is 3. The van der Waals surface area contributed by atoms with Gasteiger partial charge in [0.15, 0.2) is 10.6 Å². The number of aromatic nitrogens is 1. The van der Waals surface area contributed by atoms with Crippen molar-refractivity contribution in [2.75, 3.05) is 18.0 Å². The summed E-state index contributed by atoms with van der Waals surface area (Å²) in [6, 6.07) is 7.27. The number of ether oxygens (including phenoxy) is 1. The molecule has 208 valence electrons. The first-order valence-electron chi connectivity index (χ1n) is 12.4. The number of alkyl halides is 2. The number of β-amino-alcohol motifs (C(OH)–C–C–N with tert-alkyl or cyclic N) is 1. The summed E-state index contributed by atoms with van der Waals surface area (Å²) in [6.07, 6.45) is 0.0522. The van der Waals surface area contributed by atoms with Crippen LogP contribution in [0.1, 0.15) is 41.0 Å². The Kier molecular flexibility index (Phi) is 9.67. The third-order valence-electron chi connectivity index (χ3n) is 6.05. The molecule has 3 atom stereocenters. The lowest BCUT2D eigenvalue weighted by molar-refractivity contribution is -0.126. The number of halogens is 2. The van der Waals surface area contributed by atoms with Crippen molar-refractivity contribution in [2.45, 2.75) is 69.7 Å². The predicted molar refractivity (Wildman–Crippen MR) is 144 cm³/mol. The molecule has 3 unspecified atom stereocenters. The molecule has 3 amide bonds. The van der Waals surface area contributed by atoms with Gasteiger partial charge < -0.3 is 24.6 Å². The van der Waals surface area contributed by atoms with Crippen LogP contribution in [0.4, 0.5) is 10.5 Å². The van der Waals surface area contributed by atoms with Crippen molar-refractivity contribution >= 4 is 46.8 Å². The van der Waals surface area contributed by atoms with Gasteiger partial charge in [0.2, 0.25) is 5.91 Å². The third-order valence-corrected chi connectivity index (χ3v) is 6.43. The van der Waals surface area contributed by atoms with Crippen molar-refractivity contribution in [2.24, 2.45) is 5.92 Å². The average Bonchev–Trinajstić information content (AvgIpc) is 3.50. The Morgan fingerprint density at radius 3 is 2.55 bits per heavy atom. The van der Waals surface area contributed by atoms with E-state index in [1.54, 1.807) is 45.0 Å². The highest BCUT2D eigenvalue weighted by Crippen LogP contribution is 2.27. The maximum atomic E-state index is 13.4. The monoisotopic (exact) mass is 568 g/mol. The number of aliphatic hydroxyl groups is 1. The molecule has 10 nitrogen and oxygen atoms in total. The molecule has 0 aliphatic carbocycles. The summed E-state index contributed by atoms with van der Waals surface area (Å²) in [6.45, 7) is 9.01. The number of anilines is 1. The van der Waals surface area contributed by atoms with Crippen LogP contribution >= 0.6 is 23.2 Å². The van der Waals surface area contributed by atoms with Crippen molar-refractivity contribution in [1.82, 2.24) is 15.4 Å². The molecule has 1 saturated heterocycles. The van der Waals surface area contributed by atoms with E-state index in [2.05, 4.69) is 10.5 Å². The molecular formula is C26H34Cl2N4O6. The van der Waals surface area contributed by atoms with Gasteiger partial charge in [-0.05, 0) is 38.8 Å². The van der Waals surface area contributed by atoms with Crippen LogP contribution in [0.2, 0.25) is 0 Å². The lowest BCUT2D eigenvalue weighted by atomic mass is 10.0. The van der Waals surface area contributed by atoms with Crippen LogP contribution in [0.15, 0.2) is 41.1 Å². The van der Waals surface area contributed by atoms with Crippen LogP contribution in [-0.2, 0) is 14.3 Å². The lowest BCUT2D eigenvalue weighted by Gasteiger charge is -2.33. The Morgan fingerprint density at radius 1 is 1.26 bits per heavy atom. The van der Waals surface area contributed by atoms with Gasteiger partial charge in [0, 0.05) is 36.3 Å². The number of carbonyl (C=O) groups excluding carboxylic acids is 3. The van der Waals surface area contributed by atoms with E-state index in [4.69, 9.17) is 32.5 Å². The molecule has 3 rings (SSSR count). The molecule has 0 saturated carbocycles. The fourth-order valence-corrected chi connectivity index (χ4v) is 4.35. The molecule has 2 heterocycles. The summed E-state index contributed by atoms with van der Waals surface area (Å²) in [5.74, 6) is -0.614. The zero-order valence-corrected chi connectivity index (χ0v) is 23.6. The maximum absolute atomic E-state index is 13.4. The fourth-order valence-electron chi connectivity index (χ4n) is 4.12. The molecule has 0 spiro atoms. The normalized spacial score (nSPS) is 18.5. The topological polar surface area (TPSA) is 125 Å². The summed E-state index contributed by atoms with van der Waals surface area (Å²) in [4.78, 5) is 40.5. The predicted octanol–water partition coefficient (Wildman–Crippen LogP) is 3.99. The van der Waals surface area contributed by atoms with Crippen LogP contribution in [0.5, 0.6) is 0 Å². The molecule has 1 fully saturated rings. The summed E-state index contributed by atoms with van der Waals surface area (Å²) < 4.78 is 10.7. The van der Waals surface area contributed by atoms with E-state index in [1.807, 2.05) is 19.9 Å². The average molecular weight is 569 g/mol. The Morgan fingerprint density at radius 2 is 1.97 bits per heavy atom. The molecule has 1 aliphatic heterocycles. The largest absolute Gasteiger partial charge is 0.444 e. The zero-order valence-electron chi connectivity index (χ0n) is 22.1. The fraction of sp³-hybridized carbons (Fsp3) is 0.538. The van der Waals surface area contributed by atoms with Gasteiger partial charge in [-0.3, -0.25) is 14.5 Å². The third kappa shape index (κ3) is 7.61. The van der Waals surface area contributed by atoms with E-state index >= 15 is 0 Å². The highest BCUT2D eigenvalue weighted by atomic mass is 35.5. The number of amides is 3. The number of hydrogen-bond acceptors (Lipinski definition) is 7. The SMILES string of the molecule is CC(C)C(CN(C(=O)C(Cl)Cl)c1cccc(-c2ccno2)c1)NC(=O)C1CC(O)CN1C(=O)OC(C)(C)C. The first kappa shape index (κ1) is 29.7. The van der Waals surface area contributed by atoms with Crippen LogP contribution in [0.3, 0.4) is 0 Å². The second-order valence-corrected chi connectivity index (χ2v) is 11.7. The second kappa shape index (κ2) is 12.4. The minimum atomic E-state index is -1.33. The van der Waals surface area contributed by atoms with Gasteiger partial charge in [0.05, 0.1) is 18.8 Å². The number of nitrogens with zero attached hydrogens (tertiary/aromatic N) is 3. The first-order valence-corrected chi connectivity index (χ1v) is 13.2. The lowest BCUT2D eigenvalue weighted by Crippen LogP contribution is -2.54. The minimum Gasteiger partial charge on any atom is -0.444 e. The van der Waals surface area contributed by atoms with Gasteiger partial charge in [-0.15, -0.1) is 0 Å². The Hall–Kier alpha value is -2.82. The molecule has 1 aromatic carbocycles. The van der Waals surface area contributed by atoms with Crippen molar-refractivity contribution in [3.8, 4) is 11.3 Å². The van der Waals surface area contributed by atoms with E-state index in [9.17, 15) is 19.5 Å². The molecule has 0 radical (unpaired) electrons. The van der Waals surface area contributed by atoms with E-state index in [-0.39, 0.29) is 25.4 Å². The standard InChI is InChI=1S/C26H34Cl2N4O6/c1-15(2)19(30-23(34)20-12-18(33)13-32(20)25(36)37-26(3,4)5)14-31(24(35)22(27)28)17-8-6-7-16(11-17)21-9-10-29-38-21/h6-11,15,18-20,22,33H,12-14H2,1-5H3,(H,30,34). The van der Waals surface area contributed by atoms with E-state index in [0.29, 0.717) is 17.0 Å². The smallest absolute Gasteiger partial charge is 0.411 e. The van der Waals surface area contributed by atoms with E-state index < -0.39 is 46.5 Å². The van der Waals surface area contributed by atoms with E-state index in [1.165, 1.54) is 16.0 Å². The molecule has 1 aromatic heterocycles. The van der Waals surface area contributed by atoms with Crippen molar-refractivity contribution in [3.63, 3.8) is 0 Å². The van der Waals surface area contributed by atoms with Gasteiger partial charge >= 0.3 is 6.09 Å². The summed E-state index contributed by atoms with van der Waals surface area (Å²) >= 11 is 12.0. The summed E-state index contributed by atoms with van der Waals surface area (Å²) in [7, 11) is 0. The minimum absolute atomic E-state index is 0.0153. The van der Waals surface area contributed by atoms with Crippen LogP contribution < -0.4 is 10.2 Å². The van der Waals surface area contributed by atoms with Gasteiger partial charge in [-0.2, -0.15) is 0 Å². The van der Waals surface area contributed by atoms with Crippen LogP contribution in [0, 0.1) is 5.92 Å². The molecule has 2 N–H and O–H groups in total. The number of aliphatic hydroxyl groups excluding tert-OH is 1. The Balaban J connectivity index is 1.83. The van der Waals surface area contributed by atoms with Crippen molar-refractivity contribution in [3.05, 3.63) is 36.5 Å². The Bertz CT molecular complexity index is 1120. The number of rotatable bonds is 8. The summed E-state index contributed by atoms with van der Waals surface area (Å²) in [5.41, 5.74) is 0.436. The van der Waals surface area contributed by atoms with Crippen molar-refractivity contribution in [1.29, 1.82) is 0 Å². The number of hydrogen-bond donors (Lipinski definition) is 2. The van der Waals surface area contributed by atoms with Crippen molar-refractivity contribution < 1.29 is 28.8 Å². The molecule has 38 heavy (non-hydrogen) atoms. The van der Waals surface area contributed by atoms with Gasteiger partial charge in [0.25, 0.3) is 5.91 Å². The molecular weight excluding hydrogens is 535 g/mol. The first-order chi connectivity index (χ1) is 17.8. The summed E-state index contributed by atoms with van der Waals surface area (Å²) in [5, 5.41) is 16.9. The number of nitrogens with one attached hydrogen (secondary N) is 1. The van der Waals surface area contributed by atoms with Gasteiger partial charge in [-0.1, -0.05) is 54.3 Å². The number of benzene rings is 1. The molecule has 2 aromatic rings. The van der Waals surface area contributed by atoms with Gasteiger partial charge in [-0.25, -0.2) is 4.79 Å². The maximum Gasteiger partial charge on any atom is 0.411 e. The highest BCUT2D eigenvalue weighted by molar-refractivity contribution is 6.54. The van der Waals surface area contributed by atoms with E-state index in [0.717, 1.165) is 0 Å². The number of likely N-dealkylation sites (tertiary alicyclic amines) is 1. The van der Waals surface area contributed by atoms with Crippen LogP contribution in [-0.4, -0.2) is 74.8 Å². The highest BCUT2D eigenvalue weighted by Gasteiger charge is 2.42. The Labute approximate surface area is 232 Å². The molecule has 12 heteroatoms. The molecule has 1 aliphatic rings. The zero-order chi connectivity index (χ0) is 28.2. The van der Waals surface area contributed by atoms with Gasteiger partial charge in [0.1, 0.15) is 11.6 Å². The van der Waals surface area contributed by atoms with Crippen LogP contribution in [0.25, 0.3) is 11.3 Å².